The number of Topliss-reactive ketones (excluding diaryl/α,β-unsaturated/α-hetero) is 2. The number of carbonyl (C=O) groups excluding carboxylic acids is 2. The van der Waals surface area contributed by atoms with Crippen LogP contribution >= 0.6 is 0 Å². The molecule has 4 heteroatoms. The van der Waals surface area contributed by atoms with Crippen LogP contribution in [0, 0.1) is 5.92 Å². The molecule has 2 saturated heterocycles. The van der Waals surface area contributed by atoms with Gasteiger partial charge in [-0.3, -0.25) is 9.59 Å². The Morgan fingerprint density at radius 2 is 1.41 bits per heavy atom. The van der Waals surface area contributed by atoms with Crippen LogP contribution in [0.25, 0.3) is 0 Å². The summed E-state index contributed by atoms with van der Waals surface area (Å²) in [6, 6.07) is 0. The Morgan fingerprint density at radius 1 is 0.909 bits per heavy atom. The van der Waals surface area contributed by atoms with Crippen molar-refractivity contribution in [1.29, 1.82) is 0 Å². The van der Waals surface area contributed by atoms with E-state index in [9.17, 15) is 9.59 Å². The number of hydrogen-bond acceptors (Lipinski definition) is 4. The monoisotopic (exact) mass is 310 g/mol. The number of ketones is 2. The number of ether oxygens (including phenoxy) is 2. The van der Waals surface area contributed by atoms with Gasteiger partial charge in [0.1, 0.15) is 0 Å². The smallest absolute Gasteiger partial charge is 0.201 e. The second kappa shape index (κ2) is 9.41. The third-order valence-electron chi connectivity index (χ3n) is 4.55. The van der Waals surface area contributed by atoms with Gasteiger partial charge in [0.15, 0.2) is 5.78 Å². The second-order valence-corrected chi connectivity index (χ2v) is 6.74. The summed E-state index contributed by atoms with van der Waals surface area (Å²) < 4.78 is 10.4. The fraction of sp³-hybridized carbons (Fsp3) is 0.889. The Hall–Kier alpha value is -0.740. The van der Waals surface area contributed by atoms with E-state index in [0.717, 1.165) is 26.1 Å². The van der Waals surface area contributed by atoms with Gasteiger partial charge in [0.25, 0.3) is 0 Å². The minimum absolute atomic E-state index is 0.181. The molecule has 0 spiro atoms. The summed E-state index contributed by atoms with van der Waals surface area (Å²) in [4.78, 5) is 24.4. The van der Waals surface area contributed by atoms with Gasteiger partial charge in [-0.25, -0.2) is 0 Å². The molecule has 2 fully saturated rings. The highest BCUT2D eigenvalue weighted by Gasteiger charge is 2.37. The van der Waals surface area contributed by atoms with Gasteiger partial charge < -0.3 is 9.47 Å². The van der Waals surface area contributed by atoms with Crippen molar-refractivity contribution in [3.8, 4) is 0 Å². The molecule has 126 valence electrons. The van der Waals surface area contributed by atoms with Crippen LogP contribution in [0.5, 0.6) is 0 Å². The van der Waals surface area contributed by atoms with Crippen LogP contribution in [0.3, 0.4) is 0 Å². The van der Waals surface area contributed by atoms with E-state index in [1.54, 1.807) is 0 Å². The summed E-state index contributed by atoms with van der Waals surface area (Å²) in [7, 11) is 0. The van der Waals surface area contributed by atoms with Gasteiger partial charge in [0, 0.05) is 12.3 Å². The SMILES string of the molecule is CCCCCCCCCC(=O)C(=O)C(CC1CO1)CC1CO1. The van der Waals surface area contributed by atoms with Crippen molar-refractivity contribution in [3.05, 3.63) is 0 Å². The lowest BCUT2D eigenvalue weighted by Crippen LogP contribution is -2.26. The molecule has 0 radical (unpaired) electrons. The van der Waals surface area contributed by atoms with E-state index < -0.39 is 0 Å². The molecule has 0 aromatic rings. The van der Waals surface area contributed by atoms with Crippen LogP contribution < -0.4 is 0 Å². The third-order valence-corrected chi connectivity index (χ3v) is 4.55. The number of epoxide rings is 2. The summed E-state index contributed by atoms with van der Waals surface area (Å²) in [6.45, 7) is 3.68. The molecule has 4 nitrogen and oxygen atoms in total. The molecule has 0 aromatic carbocycles. The molecular weight excluding hydrogens is 280 g/mol. The molecule has 2 rings (SSSR count). The molecule has 2 atom stereocenters. The number of carbonyl (C=O) groups is 2. The van der Waals surface area contributed by atoms with Crippen molar-refractivity contribution in [1.82, 2.24) is 0 Å². The van der Waals surface area contributed by atoms with Crippen LogP contribution in [0.1, 0.15) is 71.1 Å². The first-order valence-corrected chi connectivity index (χ1v) is 9.01. The second-order valence-electron chi connectivity index (χ2n) is 6.74. The number of hydrogen-bond donors (Lipinski definition) is 0. The molecule has 2 aliphatic heterocycles. The molecule has 22 heavy (non-hydrogen) atoms. The first kappa shape index (κ1) is 17.6. The predicted molar refractivity (Wildman–Crippen MR) is 84.8 cm³/mol. The quantitative estimate of drug-likeness (QED) is 0.280. The van der Waals surface area contributed by atoms with Crippen LogP contribution in [-0.4, -0.2) is 37.0 Å². The van der Waals surface area contributed by atoms with Gasteiger partial charge in [-0.1, -0.05) is 45.4 Å². The minimum atomic E-state index is -0.183. The molecule has 0 amide bonds. The Morgan fingerprint density at radius 3 is 1.91 bits per heavy atom. The number of rotatable bonds is 14. The summed E-state index contributed by atoms with van der Waals surface area (Å²) in [5.41, 5.74) is 0. The molecular formula is C18H30O4. The van der Waals surface area contributed by atoms with Crippen LogP contribution in [-0.2, 0) is 19.1 Å². The summed E-state index contributed by atoms with van der Waals surface area (Å²) in [6.07, 6.45) is 10.4. The average molecular weight is 310 g/mol. The molecule has 0 saturated carbocycles. The highest BCUT2D eigenvalue weighted by Crippen LogP contribution is 2.28. The zero-order valence-corrected chi connectivity index (χ0v) is 13.9. The first-order chi connectivity index (χ1) is 10.7. The Bertz CT molecular complexity index is 344. The molecule has 0 aromatic heterocycles. The van der Waals surface area contributed by atoms with Gasteiger partial charge in [-0.15, -0.1) is 0 Å². The van der Waals surface area contributed by atoms with Crippen molar-refractivity contribution in [2.24, 2.45) is 5.92 Å². The molecule has 0 aliphatic carbocycles. The normalized spacial score (nSPS) is 24.0. The molecule has 0 N–H and O–H groups in total. The van der Waals surface area contributed by atoms with Crippen LogP contribution in [0.4, 0.5) is 0 Å². The lowest BCUT2D eigenvalue weighted by atomic mass is 9.89. The van der Waals surface area contributed by atoms with E-state index in [-0.39, 0.29) is 29.7 Å². The Balaban J connectivity index is 1.60. The van der Waals surface area contributed by atoms with E-state index in [1.807, 2.05) is 0 Å². The van der Waals surface area contributed by atoms with Gasteiger partial charge in [-0.05, 0) is 19.3 Å². The first-order valence-electron chi connectivity index (χ1n) is 9.01. The van der Waals surface area contributed by atoms with Crippen molar-refractivity contribution < 1.29 is 19.1 Å². The van der Waals surface area contributed by atoms with Gasteiger partial charge in [0.2, 0.25) is 5.78 Å². The fourth-order valence-electron chi connectivity index (χ4n) is 2.95. The van der Waals surface area contributed by atoms with E-state index >= 15 is 0 Å². The predicted octanol–water partition coefficient (Wildman–Crippen LogP) is 3.46. The van der Waals surface area contributed by atoms with E-state index in [2.05, 4.69) is 6.92 Å². The van der Waals surface area contributed by atoms with Crippen molar-refractivity contribution >= 4 is 11.6 Å². The maximum Gasteiger partial charge on any atom is 0.201 e. The third kappa shape index (κ3) is 7.01. The van der Waals surface area contributed by atoms with Crippen molar-refractivity contribution in [3.63, 3.8) is 0 Å². The van der Waals surface area contributed by atoms with Gasteiger partial charge >= 0.3 is 0 Å². The zero-order chi connectivity index (χ0) is 15.8. The summed E-state index contributed by atoms with van der Waals surface area (Å²) in [5, 5.41) is 0. The largest absolute Gasteiger partial charge is 0.373 e. The Kier molecular flexibility index (Phi) is 7.53. The van der Waals surface area contributed by atoms with Crippen molar-refractivity contribution in [2.45, 2.75) is 83.3 Å². The molecule has 0 bridgehead atoms. The molecule has 2 unspecified atom stereocenters. The van der Waals surface area contributed by atoms with E-state index in [1.165, 1.54) is 32.1 Å². The molecule has 2 heterocycles. The van der Waals surface area contributed by atoms with Crippen molar-refractivity contribution in [2.75, 3.05) is 13.2 Å². The maximum atomic E-state index is 12.3. The fourth-order valence-corrected chi connectivity index (χ4v) is 2.95. The molecule has 2 aliphatic rings. The lowest BCUT2D eigenvalue weighted by molar-refractivity contribution is -0.139. The van der Waals surface area contributed by atoms with Crippen LogP contribution in [0.15, 0.2) is 0 Å². The zero-order valence-electron chi connectivity index (χ0n) is 13.9. The summed E-state index contributed by atoms with van der Waals surface area (Å²) in [5.74, 6) is -0.547. The van der Waals surface area contributed by atoms with E-state index in [4.69, 9.17) is 9.47 Å². The van der Waals surface area contributed by atoms with Gasteiger partial charge in [-0.2, -0.15) is 0 Å². The highest BCUT2D eigenvalue weighted by atomic mass is 16.6. The topological polar surface area (TPSA) is 59.2 Å². The minimum Gasteiger partial charge on any atom is -0.373 e. The lowest BCUT2D eigenvalue weighted by Gasteiger charge is -2.12. The number of unbranched alkanes of at least 4 members (excludes halogenated alkanes) is 6. The van der Waals surface area contributed by atoms with Gasteiger partial charge in [0.05, 0.1) is 25.4 Å². The Labute approximate surface area is 133 Å². The van der Waals surface area contributed by atoms with E-state index in [0.29, 0.717) is 19.3 Å². The summed E-state index contributed by atoms with van der Waals surface area (Å²) >= 11 is 0. The standard InChI is InChI=1S/C18H30O4/c1-2-3-4-5-6-7-8-9-17(19)18(20)14(10-15-12-21-15)11-16-13-22-16/h14-16H,2-13H2,1H3. The average Bonchev–Trinajstić information content (AvgIpc) is 3.40. The highest BCUT2D eigenvalue weighted by molar-refractivity contribution is 6.37. The van der Waals surface area contributed by atoms with Crippen LogP contribution in [0.2, 0.25) is 0 Å². The maximum absolute atomic E-state index is 12.3.